The van der Waals surface area contributed by atoms with Gasteiger partial charge in [-0.1, -0.05) is 0 Å². The molecule has 160 valence electrons. The van der Waals surface area contributed by atoms with E-state index in [-0.39, 0.29) is 12.6 Å². The van der Waals surface area contributed by atoms with Crippen molar-refractivity contribution in [3.05, 3.63) is 33.4 Å². The third-order valence-electron chi connectivity index (χ3n) is 4.51. The molecule has 0 aromatic heterocycles. The molecule has 2 rings (SSSR count). The molecule has 1 aliphatic rings. The molecular weight excluding hydrogens is 444 g/mol. The highest BCUT2D eigenvalue weighted by atomic mass is 79.9. The van der Waals surface area contributed by atoms with Gasteiger partial charge in [0.25, 0.3) is 0 Å². The number of benzene rings is 1. The molecule has 0 fully saturated rings. The van der Waals surface area contributed by atoms with Crippen LogP contribution >= 0.6 is 15.9 Å². The third kappa shape index (κ3) is 5.22. The average molecular weight is 471 g/mol. The van der Waals surface area contributed by atoms with E-state index in [1.54, 1.807) is 26.1 Å². The zero-order chi connectivity index (χ0) is 21.6. The van der Waals surface area contributed by atoms with Gasteiger partial charge in [0.05, 0.1) is 36.4 Å². The van der Waals surface area contributed by atoms with Gasteiger partial charge in [0, 0.05) is 19.4 Å². The average Bonchev–Trinajstić information content (AvgIpc) is 2.70. The number of urea groups is 1. The van der Waals surface area contributed by atoms with Crippen molar-refractivity contribution in [3.63, 3.8) is 0 Å². The van der Waals surface area contributed by atoms with Crippen LogP contribution in [0.5, 0.6) is 11.5 Å². The number of carbonyl (C=O) groups is 2. The van der Waals surface area contributed by atoms with Crippen molar-refractivity contribution in [1.29, 1.82) is 0 Å². The molecule has 1 heterocycles. The number of rotatable bonds is 9. The standard InChI is InChI=1S/C20H27BrN2O6/c1-6-27-8-9-29-19(24)16-12(3)23(4)20(25)22-17(16)13-10-14(21)18(28-7-2)15(11-13)26-5/h10-11,17H,6-9H2,1-5H3,(H,22,25). The summed E-state index contributed by atoms with van der Waals surface area (Å²) in [6.45, 7) is 6.91. The van der Waals surface area contributed by atoms with Crippen LogP contribution in [0.25, 0.3) is 0 Å². The number of nitrogens with zero attached hydrogens (tertiary/aromatic N) is 1. The summed E-state index contributed by atoms with van der Waals surface area (Å²) in [5, 5.41) is 2.86. The number of hydrogen-bond donors (Lipinski definition) is 1. The largest absolute Gasteiger partial charge is 0.493 e. The quantitative estimate of drug-likeness (QED) is 0.439. The second-order valence-corrected chi connectivity index (χ2v) is 7.09. The molecule has 1 aromatic carbocycles. The van der Waals surface area contributed by atoms with Gasteiger partial charge in [-0.3, -0.25) is 0 Å². The highest BCUT2D eigenvalue weighted by molar-refractivity contribution is 9.10. The van der Waals surface area contributed by atoms with E-state index in [1.165, 1.54) is 12.0 Å². The predicted molar refractivity (Wildman–Crippen MR) is 111 cm³/mol. The van der Waals surface area contributed by atoms with E-state index in [1.807, 2.05) is 13.8 Å². The maximum Gasteiger partial charge on any atom is 0.338 e. The summed E-state index contributed by atoms with van der Waals surface area (Å²) in [4.78, 5) is 26.6. The van der Waals surface area contributed by atoms with E-state index < -0.39 is 12.0 Å². The predicted octanol–water partition coefficient (Wildman–Crippen LogP) is 3.41. The number of halogens is 1. The van der Waals surface area contributed by atoms with Gasteiger partial charge in [-0.05, 0) is 54.4 Å². The normalized spacial score (nSPS) is 16.6. The number of carbonyl (C=O) groups excluding carboxylic acids is 2. The molecule has 1 N–H and O–H groups in total. The third-order valence-corrected chi connectivity index (χ3v) is 5.10. The molecule has 0 saturated heterocycles. The number of nitrogens with one attached hydrogen (secondary N) is 1. The second-order valence-electron chi connectivity index (χ2n) is 6.24. The maximum atomic E-state index is 12.8. The summed E-state index contributed by atoms with van der Waals surface area (Å²) < 4.78 is 22.3. The smallest absolute Gasteiger partial charge is 0.338 e. The summed E-state index contributed by atoms with van der Waals surface area (Å²) in [6, 6.07) is 2.53. The van der Waals surface area contributed by atoms with Crippen molar-refractivity contribution < 1.29 is 28.5 Å². The van der Waals surface area contributed by atoms with Crippen molar-refractivity contribution in [2.75, 3.05) is 40.6 Å². The fourth-order valence-corrected chi connectivity index (χ4v) is 3.53. The second kappa shape index (κ2) is 10.5. The molecular formula is C20H27BrN2O6. The molecule has 8 nitrogen and oxygen atoms in total. The molecule has 0 bridgehead atoms. The molecule has 1 aromatic rings. The number of esters is 1. The van der Waals surface area contributed by atoms with E-state index in [4.69, 9.17) is 18.9 Å². The molecule has 1 unspecified atom stereocenters. The van der Waals surface area contributed by atoms with Crippen LogP contribution in [-0.2, 0) is 14.3 Å². The Labute approximate surface area is 179 Å². The molecule has 1 atom stereocenters. The fraction of sp³-hybridized carbons (Fsp3) is 0.500. The topological polar surface area (TPSA) is 86.3 Å². The summed E-state index contributed by atoms with van der Waals surface area (Å²) in [5.41, 5.74) is 1.53. The van der Waals surface area contributed by atoms with E-state index in [0.29, 0.717) is 52.6 Å². The zero-order valence-corrected chi connectivity index (χ0v) is 18.9. The molecule has 0 aliphatic carbocycles. The van der Waals surface area contributed by atoms with Crippen LogP contribution in [0.15, 0.2) is 27.9 Å². The zero-order valence-electron chi connectivity index (χ0n) is 17.3. The van der Waals surface area contributed by atoms with Crippen molar-refractivity contribution in [1.82, 2.24) is 10.2 Å². The van der Waals surface area contributed by atoms with E-state index in [2.05, 4.69) is 21.2 Å². The van der Waals surface area contributed by atoms with Crippen LogP contribution in [0.1, 0.15) is 32.4 Å². The van der Waals surface area contributed by atoms with Gasteiger partial charge in [-0.25, -0.2) is 9.59 Å². The maximum absolute atomic E-state index is 12.8. The number of methoxy groups -OCH3 is 1. The van der Waals surface area contributed by atoms with Gasteiger partial charge in [0.2, 0.25) is 0 Å². The van der Waals surface area contributed by atoms with Crippen molar-refractivity contribution in [3.8, 4) is 11.5 Å². The minimum atomic E-state index is -0.695. The van der Waals surface area contributed by atoms with Crippen molar-refractivity contribution in [2.24, 2.45) is 0 Å². The Morgan fingerprint density at radius 2 is 1.97 bits per heavy atom. The molecule has 0 spiro atoms. The van der Waals surface area contributed by atoms with E-state index in [9.17, 15) is 9.59 Å². The molecule has 2 amide bonds. The molecule has 0 saturated carbocycles. The van der Waals surface area contributed by atoms with E-state index in [0.717, 1.165) is 0 Å². The molecule has 1 aliphatic heterocycles. The summed E-state index contributed by atoms with van der Waals surface area (Å²) >= 11 is 3.49. The Balaban J connectivity index is 2.44. The molecule has 29 heavy (non-hydrogen) atoms. The highest BCUT2D eigenvalue weighted by Gasteiger charge is 2.35. The highest BCUT2D eigenvalue weighted by Crippen LogP contribution is 2.40. The van der Waals surface area contributed by atoms with Crippen molar-refractivity contribution in [2.45, 2.75) is 26.8 Å². The first-order valence-electron chi connectivity index (χ1n) is 9.35. The van der Waals surface area contributed by atoms with Crippen molar-refractivity contribution >= 4 is 27.9 Å². The van der Waals surface area contributed by atoms with Crippen LogP contribution in [-0.4, -0.2) is 57.5 Å². The van der Waals surface area contributed by atoms with Crippen LogP contribution in [0.3, 0.4) is 0 Å². The molecule has 0 radical (unpaired) electrons. The Bertz CT molecular complexity index is 795. The van der Waals surface area contributed by atoms with Gasteiger partial charge >= 0.3 is 12.0 Å². The number of ether oxygens (including phenoxy) is 4. The number of hydrogen-bond acceptors (Lipinski definition) is 6. The Kier molecular flexibility index (Phi) is 8.33. The Hall–Kier alpha value is -2.26. The monoisotopic (exact) mass is 470 g/mol. The molecule has 9 heteroatoms. The Morgan fingerprint density at radius 1 is 1.24 bits per heavy atom. The first-order valence-corrected chi connectivity index (χ1v) is 10.1. The lowest BCUT2D eigenvalue weighted by Crippen LogP contribution is -2.46. The number of allylic oxidation sites excluding steroid dienone is 1. The lowest BCUT2D eigenvalue weighted by molar-refractivity contribution is -0.141. The van der Waals surface area contributed by atoms with Gasteiger partial charge in [0.1, 0.15) is 6.61 Å². The lowest BCUT2D eigenvalue weighted by atomic mass is 9.94. The van der Waals surface area contributed by atoms with Gasteiger partial charge in [-0.15, -0.1) is 0 Å². The fourth-order valence-electron chi connectivity index (χ4n) is 2.96. The first-order chi connectivity index (χ1) is 13.8. The minimum Gasteiger partial charge on any atom is -0.493 e. The SMILES string of the molecule is CCOCCOC(=O)C1=C(C)N(C)C(=O)NC1c1cc(Br)c(OCC)c(OC)c1. The number of amides is 2. The van der Waals surface area contributed by atoms with Crippen LogP contribution in [0, 0.1) is 0 Å². The summed E-state index contributed by atoms with van der Waals surface area (Å²) in [5.74, 6) is 0.536. The summed E-state index contributed by atoms with van der Waals surface area (Å²) in [7, 11) is 3.13. The van der Waals surface area contributed by atoms with Crippen LogP contribution < -0.4 is 14.8 Å². The van der Waals surface area contributed by atoms with Gasteiger partial charge in [-0.2, -0.15) is 0 Å². The Morgan fingerprint density at radius 3 is 2.59 bits per heavy atom. The minimum absolute atomic E-state index is 0.129. The first kappa shape index (κ1) is 23.0. The van der Waals surface area contributed by atoms with Gasteiger partial charge in [0.15, 0.2) is 11.5 Å². The van der Waals surface area contributed by atoms with Crippen LogP contribution in [0.2, 0.25) is 0 Å². The summed E-state index contributed by atoms with van der Waals surface area (Å²) in [6.07, 6.45) is 0. The van der Waals surface area contributed by atoms with E-state index >= 15 is 0 Å². The van der Waals surface area contributed by atoms with Gasteiger partial charge < -0.3 is 29.2 Å². The van der Waals surface area contributed by atoms with Crippen LogP contribution in [0.4, 0.5) is 4.79 Å². The lowest BCUT2D eigenvalue weighted by Gasteiger charge is -2.33.